The summed E-state index contributed by atoms with van der Waals surface area (Å²) in [5.74, 6) is 0.506. The van der Waals surface area contributed by atoms with Gasteiger partial charge in [-0.1, -0.05) is 0 Å². The Bertz CT molecular complexity index is 511. The van der Waals surface area contributed by atoms with Gasteiger partial charge in [-0.3, -0.25) is 14.4 Å². The molecule has 122 valence electrons. The van der Waals surface area contributed by atoms with E-state index >= 15 is 0 Å². The number of piperidine rings is 1. The first-order valence-electron chi connectivity index (χ1n) is 7.91. The standard InChI is InChI=1S/C15H24N4O3/c1-11(20)17-13-6-16-19(8-13)7-12-2-4-18(5-3-12)14-9-22-10-15(14)21/h6,8,12,14-15,21H,2-5,7,9-10H2,1H3,(H,17,20)/t14-,15-/m0/s1. The van der Waals surface area contributed by atoms with Gasteiger partial charge in [0.2, 0.25) is 5.91 Å². The van der Waals surface area contributed by atoms with Crippen molar-refractivity contribution in [2.24, 2.45) is 5.92 Å². The number of carbonyl (C=O) groups excluding carboxylic acids is 1. The number of anilines is 1. The van der Waals surface area contributed by atoms with Crippen LogP contribution in [0.5, 0.6) is 0 Å². The van der Waals surface area contributed by atoms with Gasteiger partial charge in [-0.05, 0) is 31.8 Å². The summed E-state index contributed by atoms with van der Waals surface area (Å²) in [6.07, 6.45) is 5.41. The Kier molecular flexibility index (Phi) is 4.75. The number of likely N-dealkylation sites (tertiary alicyclic amines) is 1. The van der Waals surface area contributed by atoms with Gasteiger partial charge in [-0.15, -0.1) is 0 Å². The van der Waals surface area contributed by atoms with Crippen LogP contribution in [-0.2, 0) is 16.1 Å². The minimum Gasteiger partial charge on any atom is -0.389 e. The molecule has 1 aromatic heterocycles. The Labute approximate surface area is 130 Å². The number of hydrogen-bond acceptors (Lipinski definition) is 5. The van der Waals surface area contributed by atoms with Crippen molar-refractivity contribution in [3.05, 3.63) is 12.4 Å². The molecule has 22 heavy (non-hydrogen) atoms. The zero-order valence-electron chi connectivity index (χ0n) is 12.9. The lowest BCUT2D eigenvalue weighted by Crippen LogP contribution is -2.47. The first-order chi connectivity index (χ1) is 10.6. The van der Waals surface area contributed by atoms with Crippen LogP contribution in [0.1, 0.15) is 19.8 Å². The number of nitrogens with one attached hydrogen (secondary N) is 1. The summed E-state index contributed by atoms with van der Waals surface area (Å²) in [5, 5.41) is 16.9. The van der Waals surface area contributed by atoms with E-state index in [1.165, 1.54) is 6.92 Å². The molecule has 2 aliphatic rings. The largest absolute Gasteiger partial charge is 0.389 e. The molecule has 0 radical (unpaired) electrons. The second-order valence-electron chi connectivity index (χ2n) is 6.28. The lowest BCUT2D eigenvalue weighted by Gasteiger charge is -2.36. The van der Waals surface area contributed by atoms with Crippen molar-refractivity contribution in [3.8, 4) is 0 Å². The number of aliphatic hydroxyl groups is 1. The molecule has 0 saturated carbocycles. The molecule has 7 heteroatoms. The van der Waals surface area contributed by atoms with Crippen LogP contribution in [0.4, 0.5) is 5.69 Å². The molecule has 0 aliphatic carbocycles. The van der Waals surface area contributed by atoms with Gasteiger partial charge in [0.05, 0.1) is 37.2 Å². The number of amides is 1. The van der Waals surface area contributed by atoms with E-state index in [2.05, 4.69) is 15.3 Å². The van der Waals surface area contributed by atoms with Crippen molar-refractivity contribution in [2.75, 3.05) is 31.6 Å². The minimum absolute atomic E-state index is 0.0785. The summed E-state index contributed by atoms with van der Waals surface area (Å²) >= 11 is 0. The predicted molar refractivity (Wildman–Crippen MR) is 81.4 cm³/mol. The number of rotatable bonds is 4. The number of aliphatic hydroxyl groups excluding tert-OH is 1. The molecule has 2 N–H and O–H groups in total. The zero-order chi connectivity index (χ0) is 15.5. The van der Waals surface area contributed by atoms with Gasteiger partial charge in [0.15, 0.2) is 0 Å². The summed E-state index contributed by atoms with van der Waals surface area (Å²) in [6, 6.07) is 0.164. The Hall–Kier alpha value is -1.44. The number of aromatic nitrogens is 2. The second-order valence-corrected chi connectivity index (χ2v) is 6.28. The fourth-order valence-corrected chi connectivity index (χ4v) is 3.34. The maximum Gasteiger partial charge on any atom is 0.221 e. The number of carbonyl (C=O) groups is 1. The van der Waals surface area contributed by atoms with Crippen molar-refractivity contribution in [1.29, 1.82) is 0 Å². The molecule has 1 aromatic rings. The monoisotopic (exact) mass is 308 g/mol. The average Bonchev–Trinajstić information content (AvgIpc) is 3.08. The van der Waals surface area contributed by atoms with Crippen LogP contribution in [0.3, 0.4) is 0 Å². The maximum atomic E-state index is 11.0. The molecule has 2 saturated heterocycles. The van der Waals surface area contributed by atoms with Gasteiger partial charge in [0.25, 0.3) is 0 Å². The van der Waals surface area contributed by atoms with Crippen molar-refractivity contribution in [3.63, 3.8) is 0 Å². The third-order valence-corrected chi connectivity index (χ3v) is 4.54. The van der Waals surface area contributed by atoms with Crippen LogP contribution >= 0.6 is 0 Å². The third-order valence-electron chi connectivity index (χ3n) is 4.54. The highest BCUT2D eigenvalue weighted by Crippen LogP contribution is 2.24. The van der Waals surface area contributed by atoms with Gasteiger partial charge < -0.3 is 15.2 Å². The van der Waals surface area contributed by atoms with E-state index in [1.807, 2.05) is 10.9 Å². The number of nitrogens with zero attached hydrogens (tertiary/aromatic N) is 3. The minimum atomic E-state index is -0.345. The van der Waals surface area contributed by atoms with Crippen LogP contribution < -0.4 is 5.32 Å². The normalized spacial score (nSPS) is 27.2. The third kappa shape index (κ3) is 3.66. The summed E-state index contributed by atoms with van der Waals surface area (Å²) in [5.41, 5.74) is 0.746. The van der Waals surface area contributed by atoms with Crippen LogP contribution in [0.15, 0.2) is 12.4 Å². The Balaban J connectivity index is 1.47. The molecule has 0 spiro atoms. The quantitative estimate of drug-likeness (QED) is 0.837. The fraction of sp³-hybridized carbons (Fsp3) is 0.733. The molecule has 0 aromatic carbocycles. The van der Waals surface area contributed by atoms with E-state index in [4.69, 9.17) is 4.74 Å². The summed E-state index contributed by atoms with van der Waals surface area (Å²) in [6.45, 7) is 5.46. The van der Waals surface area contributed by atoms with Crippen LogP contribution in [-0.4, -0.2) is 64.1 Å². The molecular formula is C15H24N4O3. The summed E-state index contributed by atoms with van der Waals surface area (Å²) in [4.78, 5) is 13.4. The SMILES string of the molecule is CC(=O)Nc1cnn(CC2CCN([C@H]3COC[C@@H]3O)CC2)c1. The van der Waals surface area contributed by atoms with E-state index in [-0.39, 0.29) is 18.1 Å². The molecule has 3 rings (SSSR count). The fourth-order valence-electron chi connectivity index (χ4n) is 3.34. The lowest BCUT2D eigenvalue weighted by atomic mass is 9.95. The Morgan fingerprint density at radius 1 is 1.45 bits per heavy atom. The molecular weight excluding hydrogens is 284 g/mol. The molecule has 7 nitrogen and oxygen atoms in total. The first-order valence-corrected chi connectivity index (χ1v) is 7.91. The van der Waals surface area contributed by atoms with E-state index in [0.717, 1.165) is 38.2 Å². The van der Waals surface area contributed by atoms with E-state index < -0.39 is 0 Å². The van der Waals surface area contributed by atoms with Gasteiger partial charge >= 0.3 is 0 Å². The molecule has 0 unspecified atom stereocenters. The van der Waals surface area contributed by atoms with Gasteiger partial charge in [0.1, 0.15) is 0 Å². The predicted octanol–water partition coefficient (Wildman–Crippen LogP) is 0.313. The number of ether oxygens (including phenoxy) is 1. The lowest BCUT2D eigenvalue weighted by molar-refractivity contribution is -0.114. The topological polar surface area (TPSA) is 79.6 Å². The van der Waals surface area contributed by atoms with Gasteiger partial charge in [0, 0.05) is 19.7 Å². The van der Waals surface area contributed by atoms with Crippen LogP contribution in [0, 0.1) is 5.92 Å². The van der Waals surface area contributed by atoms with Gasteiger partial charge in [-0.25, -0.2) is 0 Å². The van der Waals surface area contributed by atoms with Crippen molar-refractivity contribution in [1.82, 2.24) is 14.7 Å². The molecule has 0 bridgehead atoms. The molecule has 2 aliphatic heterocycles. The smallest absolute Gasteiger partial charge is 0.221 e. The molecule has 2 fully saturated rings. The Morgan fingerprint density at radius 3 is 2.86 bits per heavy atom. The van der Waals surface area contributed by atoms with Crippen LogP contribution in [0.2, 0.25) is 0 Å². The summed E-state index contributed by atoms with van der Waals surface area (Å²) < 4.78 is 7.24. The van der Waals surface area contributed by atoms with E-state index in [9.17, 15) is 9.90 Å². The van der Waals surface area contributed by atoms with E-state index in [0.29, 0.717) is 19.1 Å². The Morgan fingerprint density at radius 2 is 2.23 bits per heavy atom. The average molecular weight is 308 g/mol. The zero-order valence-corrected chi connectivity index (χ0v) is 12.9. The maximum absolute atomic E-state index is 11.0. The first kappa shape index (κ1) is 15.5. The summed E-state index contributed by atoms with van der Waals surface area (Å²) in [7, 11) is 0. The second kappa shape index (κ2) is 6.76. The molecule has 3 heterocycles. The van der Waals surface area contributed by atoms with Crippen molar-refractivity contribution >= 4 is 11.6 Å². The van der Waals surface area contributed by atoms with E-state index in [1.54, 1.807) is 6.20 Å². The highest BCUT2D eigenvalue weighted by Gasteiger charge is 2.33. The highest BCUT2D eigenvalue weighted by atomic mass is 16.5. The highest BCUT2D eigenvalue weighted by molar-refractivity contribution is 5.88. The van der Waals surface area contributed by atoms with Crippen molar-refractivity contribution < 1.29 is 14.6 Å². The molecule has 2 atom stereocenters. The number of hydrogen-bond donors (Lipinski definition) is 2. The van der Waals surface area contributed by atoms with Gasteiger partial charge in [-0.2, -0.15) is 5.10 Å². The van der Waals surface area contributed by atoms with Crippen LogP contribution in [0.25, 0.3) is 0 Å². The van der Waals surface area contributed by atoms with Crippen molar-refractivity contribution in [2.45, 2.75) is 38.5 Å². The molecule has 1 amide bonds.